The summed E-state index contributed by atoms with van der Waals surface area (Å²) < 4.78 is 10.8. The van der Waals surface area contributed by atoms with Gasteiger partial charge in [-0.25, -0.2) is 9.59 Å². The zero-order chi connectivity index (χ0) is 31.5. The predicted octanol–water partition coefficient (Wildman–Crippen LogP) is 6.86. The van der Waals surface area contributed by atoms with Gasteiger partial charge < -0.3 is 24.6 Å². The van der Waals surface area contributed by atoms with Gasteiger partial charge in [0.05, 0.1) is 7.11 Å². The van der Waals surface area contributed by atoms with Crippen molar-refractivity contribution >= 4 is 17.8 Å². The molecule has 234 valence electrons. The van der Waals surface area contributed by atoms with Gasteiger partial charge in [0.25, 0.3) is 0 Å². The largest absolute Gasteiger partial charge is 0.497 e. The third-order valence-electron chi connectivity index (χ3n) is 7.61. The lowest BCUT2D eigenvalue weighted by Crippen LogP contribution is -2.50. The van der Waals surface area contributed by atoms with Gasteiger partial charge in [-0.05, 0) is 68.2 Å². The standard InChI is InChI=1S/C36H46N4O4/c1-28(26-38-22-24-39(25-23-38)35(42)44-36(2,3)4)27-40(34(41)37-31-16-18-32(43-5)19-17-31)21-20-33(29-12-8-6-9-13-29)30-14-10-7-11-15-30/h6-19,33H,1,20-27H2,2-5H3,(H,37,41). The van der Waals surface area contributed by atoms with Gasteiger partial charge in [-0.2, -0.15) is 0 Å². The van der Waals surface area contributed by atoms with E-state index >= 15 is 0 Å². The van der Waals surface area contributed by atoms with Crippen LogP contribution in [-0.4, -0.2) is 85.3 Å². The molecule has 4 rings (SSSR count). The Morgan fingerprint density at radius 1 is 0.886 bits per heavy atom. The first-order chi connectivity index (χ1) is 21.1. The van der Waals surface area contributed by atoms with Crippen LogP contribution in [0.3, 0.4) is 0 Å². The van der Waals surface area contributed by atoms with Crippen LogP contribution >= 0.6 is 0 Å². The molecular weight excluding hydrogens is 552 g/mol. The number of ether oxygens (including phenoxy) is 2. The van der Waals surface area contributed by atoms with E-state index < -0.39 is 5.60 Å². The molecule has 3 amide bonds. The molecule has 0 aliphatic carbocycles. The third kappa shape index (κ3) is 9.88. The Kier molecular flexibility index (Phi) is 11.4. The van der Waals surface area contributed by atoms with Crippen molar-refractivity contribution in [1.29, 1.82) is 0 Å². The van der Waals surface area contributed by atoms with Crippen molar-refractivity contribution in [2.75, 3.05) is 58.2 Å². The van der Waals surface area contributed by atoms with E-state index in [1.165, 1.54) is 11.1 Å². The van der Waals surface area contributed by atoms with Crippen LogP contribution in [0.25, 0.3) is 0 Å². The number of hydrogen-bond acceptors (Lipinski definition) is 5. The second kappa shape index (κ2) is 15.4. The van der Waals surface area contributed by atoms with Crippen LogP contribution in [0, 0.1) is 0 Å². The fourth-order valence-electron chi connectivity index (χ4n) is 5.36. The number of hydrogen-bond donors (Lipinski definition) is 1. The normalized spacial score (nSPS) is 13.8. The van der Waals surface area contributed by atoms with Crippen molar-refractivity contribution in [3.63, 3.8) is 0 Å². The highest BCUT2D eigenvalue weighted by Crippen LogP contribution is 2.28. The number of anilines is 1. The quantitative estimate of drug-likeness (QED) is 0.244. The fraction of sp³-hybridized carbons (Fsp3) is 0.389. The number of carbonyl (C=O) groups excluding carboxylic acids is 2. The van der Waals surface area contributed by atoms with Crippen molar-refractivity contribution in [2.45, 2.75) is 38.7 Å². The van der Waals surface area contributed by atoms with E-state index in [1.807, 2.05) is 62.1 Å². The second-order valence-corrected chi connectivity index (χ2v) is 12.2. The van der Waals surface area contributed by atoms with Crippen LogP contribution in [0.15, 0.2) is 97.1 Å². The lowest BCUT2D eigenvalue weighted by molar-refractivity contribution is 0.0151. The van der Waals surface area contributed by atoms with Crippen LogP contribution in [0.2, 0.25) is 0 Å². The van der Waals surface area contributed by atoms with E-state index in [4.69, 9.17) is 9.47 Å². The summed E-state index contributed by atoms with van der Waals surface area (Å²) in [7, 11) is 1.62. The molecule has 1 aliphatic rings. The first kappa shape index (κ1) is 32.6. The Labute approximate surface area is 262 Å². The molecule has 1 N–H and O–H groups in total. The Hall–Kier alpha value is -4.30. The summed E-state index contributed by atoms with van der Waals surface area (Å²) in [4.78, 5) is 32.1. The third-order valence-corrected chi connectivity index (χ3v) is 7.61. The van der Waals surface area contributed by atoms with Crippen LogP contribution in [0.4, 0.5) is 15.3 Å². The molecule has 1 aliphatic heterocycles. The molecule has 3 aromatic rings. The smallest absolute Gasteiger partial charge is 0.410 e. The Balaban J connectivity index is 1.43. The lowest BCUT2D eigenvalue weighted by atomic mass is 9.88. The minimum absolute atomic E-state index is 0.142. The van der Waals surface area contributed by atoms with Gasteiger partial charge in [0, 0.05) is 57.4 Å². The fourth-order valence-corrected chi connectivity index (χ4v) is 5.36. The van der Waals surface area contributed by atoms with Crippen molar-refractivity contribution in [1.82, 2.24) is 14.7 Å². The summed E-state index contributed by atoms with van der Waals surface area (Å²) in [6, 6.07) is 28.0. The van der Waals surface area contributed by atoms with Crippen molar-refractivity contribution in [3.05, 3.63) is 108 Å². The topological polar surface area (TPSA) is 74.4 Å². The number of urea groups is 1. The number of nitrogens with one attached hydrogen (secondary N) is 1. The summed E-state index contributed by atoms with van der Waals surface area (Å²) in [5, 5.41) is 3.06. The van der Waals surface area contributed by atoms with Crippen LogP contribution in [0.1, 0.15) is 44.2 Å². The number of methoxy groups -OCH3 is 1. The van der Waals surface area contributed by atoms with Crippen LogP contribution < -0.4 is 10.1 Å². The Morgan fingerprint density at radius 3 is 1.98 bits per heavy atom. The number of amides is 3. The van der Waals surface area contributed by atoms with Gasteiger partial charge in [0.1, 0.15) is 11.4 Å². The zero-order valence-corrected chi connectivity index (χ0v) is 26.5. The Morgan fingerprint density at radius 2 is 1.45 bits per heavy atom. The van der Waals surface area contributed by atoms with Crippen molar-refractivity contribution < 1.29 is 19.1 Å². The molecule has 0 saturated carbocycles. The van der Waals surface area contributed by atoms with Crippen molar-refractivity contribution in [2.24, 2.45) is 0 Å². The predicted molar refractivity (Wildman–Crippen MR) is 176 cm³/mol. The summed E-state index contributed by atoms with van der Waals surface area (Å²) in [5.41, 5.74) is 3.56. The second-order valence-electron chi connectivity index (χ2n) is 12.2. The number of benzene rings is 3. The molecule has 0 unspecified atom stereocenters. The molecule has 1 heterocycles. The molecule has 0 bridgehead atoms. The number of nitrogens with zero attached hydrogens (tertiary/aromatic N) is 3. The van der Waals surface area contributed by atoms with Crippen molar-refractivity contribution in [3.8, 4) is 5.75 Å². The molecule has 8 heteroatoms. The highest BCUT2D eigenvalue weighted by atomic mass is 16.6. The van der Waals surface area contributed by atoms with E-state index in [2.05, 4.69) is 65.3 Å². The lowest BCUT2D eigenvalue weighted by Gasteiger charge is -2.36. The molecule has 44 heavy (non-hydrogen) atoms. The molecule has 0 spiro atoms. The molecule has 0 atom stereocenters. The summed E-state index contributed by atoms with van der Waals surface area (Å²) >= 11 is 0. The minimum atomic E-state index is -0.515. The number of carbonyl (C=O) groups is 2. The molecule has 1 fully saturated rings. The summed E-state index contributed by atoms with van der Waals surface area (Å²) in [6.45, 7) is 14.2. The maximum Gasteiger partial charge on any atom is 0.410 e. The average Bonchev–Trinajstić information content (AvgIpc) is 3.01. The Bertz CT molecular complexity index is 1310. The van der Waals surface area contributed by atoms with Gasteiger partial charge in [-0.15, -0.1) is 0 Å². The van der Waals surface area contributed by atoms with Gasteiger partial charge in [-0.3, -0.25) is 4.90 Å². The monoisotopic (exact) mass is 598 g/mol. The maximum absolute atomic E-state index is 13.7. The highest BCUT2D eigenvalue weighted by molar-refractivity contribution is 5.89. The molecule has 8 nitrogen and oxygen atoms in total. The van der Waals surface area contributed by atoms with Gasteiger partial charge in [0.2, 0.25) is 0 Å². The van der Waals surface area contributed by atoms with Gasteiger partial charge >= 0.3 is 12.1 Å². The molecule has 3 aromatic carbocycles. The van der Waals surface area contributed by atoms with E-state index in [0.717, 1.165) is 30.8 Å². The zero-order valence-electron chi connectivity index (χ0n) is 26.5. The highest BCUT2D eigenvalue weighted by Gasteiger charge is 2.27. The van der Waals surface area contributed by atoms with Crippen LogP contribution in [0.5, 0.6) is 5.75 Å². The molecule has 0 radical (unpaired) electrons. The number of rotatable bonds is 11. The molecular formula is C36H46N4O4. The van der Waals surface area contributed by atoms with E-state index in [-0.39, 0.29) is 18.0 Å². The van der Waals surface area contributed by atoms with E-state index in [9.17, 15) is 9.59 Å². The van der Waals surface area contributed by atoms with E-state index in [0.29, 0.717) is 38.4 Å². The number of piperazine rings is 1. The summed E-state index contributed by atoms with van der Waals surface area (Å²) in [6.07, 6.45) is 0.482. The molecule has 0 aromatic heterocycles. The first-order valence-corrected chi connectivity index (χ1v) is 15.3. The molecule has 1 saturated heterocycles. The average molecular weight is 599 g/mol. The maximum atomic E-state index is 13.7. The first-order valence-electron chi connectivity index (χ1n) is 15.3. The SMILES string of the molecule is C=C(CN1CCN(C(=O)OC(C)(C)C)CC1)CN(CCC(c1ccccc1)c1ccccc1)C(=O)Nc1ccc(OC)cc1. The van der Waals surface area contributed by atoms with E-state index in [1.54, 1.807) is 12.0 Å². The minimum Gasteiger partial charge on any atom is -0.497 e. The summed E-state index contributed by atoms with van der Waals surface area (Å²) in [5.74, 6) is 0.872. The van der Waals surface area contributed by atoms with Crippen LogP contribution in [-0.2, 0) is 4.74 Å². The van der Waals surface area contributed by atoms with Gasteiger partial charge in [-0.1, -0.05) is 67.2 Å². The van der Waals surface area contributed by atoms with Gasteiger partial charge in [0.15, 0.2) is 0 Å².